The molecule has 3 nitrogen and oxygen atoms in total. The fraction of sp³-hybridized carbons (Fsp3) is 0.176. The number of nitriles is 1. The van der Waals surface area contributed by atoms with Crippen molar-refractivity contribution in [3.63, 3.8) is 0 Å². The molecule has 3 heteroatoms. The van der Waals surface area contributed by atoms with Gasteiger partial charge in [-0.05, 0) is 18.1 Å². The third-order valence-electron chi connectivity index (χ3n) is 3.63. The van der Waals surface area contributed by atoms with Crippen molar-refractivity contribution < 1.29 is 9.53 Å². The SMILES string of the molecule is Cc1ccccc1[C@@H]1O[C@@]1(C#N)C(=O)c1ccccc1. The number of carbonyl (C=O) groups is 1. The highest BCUT2D eigenvalue weighted by atomic mass is 16.6. The van der Waals surface area contributed by atoms with E-state index in [0.29, 0.717) is 5.56 Å². The quantitative estimate of drug-likeness (QED) is 0.631. The van der Waals surface area contributed by atoms with Crippen LogP contribution in [-0.2, 0) is 4.74 Å². The van der Waals surface area contributed by atoms with E-state index in [1.165, 1.54) is 0 Å². The third-order valence-corrected chi connectivity index (χ3v) is 3.63. The van der Waals surface area contributed by atoms with Crippen LogP contribution in [0.2, 0.25) is 0 Å². The number of hydrogen-bond acceptors (Lipinski definition) is 3. The molecule has 1 heterocycles. The lowest BCUT2D eigenvalue weighted by molar-refractivity contribution is 0.0914. The van der Waals surface area contributed by atoms with E-state index in [1.54, 1.807) is 24.3 Å². The Morgan fingerprint density at radius 2 is 1.80 bits per heavy atom. The first kappa shape index (κ1) is 12.6. The predicted molar refractivity (Wildman–Crippen MR) is 74.1 cm³/mol. The van der Waals surface area contributed by atoms with Crippen LogP contribution >= 0.6 is 0 Å². The van der Waals surface area contributed by atoms with Gasteiger partial charge in [0, 0.05) is 5.56 Å². The van der Waals surface area contributed by atoms with E-state index in [1.807, 2.05) is 37.3 Å². The summed E-state index contributed by atoms with van der Waals surface area (Å²) in [6.07, 6.45) is -0.471. The summed E-state index contributed by atoms with van der Waals surface area (Å²) in [4.78, 5) is 12.5. The zero-order valence-electron chi connectivity index (χ0n) is 11.0. The fourth-order valence-corrected chi connectivity index (χ4v) is 2.43. The van der Waals surface area contributed by atoms with Crippen molar-refractivity contribution in [2.24, 2.45) is 0 Å². The van der Waals surface area contributed by atoms with Crippen LogP contribution in [-0.4, -0.2) is 11.4 Å². The minimum atomic E-state index is -1.37. The van der Waals surface area contributed by atoms with Gasteiger partial charge >= 0.3 is 0 Å². The molecule has 0 spiro atoms. The third kappa shape index (κ3) is 1.82. The van der Waals surface area contributed by atoms with Gasteiger partial charge in [0.2, 0.25) is 11.4 Å². The summed E-state index contributed by atoms with van der Waals surface area (Å²) in [5.74, 6) is -0.270. The van der Waals surface area contributed by atoms with Crippen LogP contribution in [0.3, 0.4) is 0 Å². The van der Waals surface area contributed by atoms with Crippen molar-refractivity contribution in [3.05, 3.63) is 71.3 Å². The van der Waals surface area contributed by atoms with Crippen LogP contribution < -0.4 is 0 Å². The van der Waals surface area contributed by atoms with Crippen molar-refractivity contribution in [1.82, 2.24) is 0 Å². The van der Waals surface area contributed by atoms with Gasteiger partial charge in [-0.15, -0.1) is 0 Å². The standard InChI is InChI=1S/C17H13NO2/c1-12-7-5-6-10-14(12)16-17(11-18,20-16)15(19)13-8-3-2-4-9-13/h2-10,16H,1H3/t16-,17-/m0/s1. The molecule has 0 unspecified atom stereocenters. The topological polar surface area (TPSA) is 53.4 Å². The van der Waals surface area contributed by atoms with Gasteiger partial charge in [-0.25, -0.2) is 0 Å². The van der Waals surface area contributed by atoms with Gasteiger partial charge in [0.25, 0.3) is 0 Å². The number of nitrogens with zero attached hydrogens (tertiary/aromatic N) is 1. The van der Waals surface area contributed by atoms with Gasteiger partial charge in [0.05, 0.1) is 0 Å². The number of Topliss-reactive ketones (excluding diaryl/α,β-unsaturated/α-hetero) is 1. The fourth-order valence-electron chi connectivity index (χ4n) is 2.43. The molecule has 1 aliphatic heterocycles. The lowest BCUT2D eigenvalue weighted by Gasteiger charge is -2.05. The summed E-state index contributed by atoms with van der Waals surface area (Å²) < 4.78 is 5.53. The summed E-state index contributed by atoms with van der Waals surface area (Å²) >= 11 is 0. The number of epoxide rings is 1. The second kappa shape index (κ2) is 4.59. The Labute approximate surface area is 117 Å². The maximum Gasteiger partial charge on any atom is 0.248 e. The molecule has 0 amide bonds. The van der Waals surface area contributed by atoms with E-state index in [-0.39, 0.29) is 5.78 Å². The number of hydrogen-bond donors (Lipinski definition) is 0. The normalized spacial score (nSPS) is 23.9. The van der Waals surface area contributed by atoms with E-state index in [2.05, 4.69) is 6.07 Å². The highest BCUT2D eigenvalue weighted by molar-refractivity contribution is 6.07. The van der Waals surface area contributed by atoms with Gasteiger partial charge in [0.15, 0.2) is 0 Å². The Bertz CT molecular complexity index is 702. The molecule has 0 N–H and O–H groups in total. The molecule has 2 atom stereocenters. The molecular formula is C17H13NO2. The van der Waals surface area contributed by atoms with Crippen molar-refractivity contribution in [1.29, 1.82) is 5.26 Å². The Morgan fingerprint density at radius 3 is 2.45 bits per heavy atom. The summed E-state index contributed by atoms with van der Waals surface area (Å²) in [5.41, 5.74) is 1.06. The molecule has 0 aromatic heterocycles. The Morgan fingerprint density at radius 1 is 1.15 bits per heavy atom. The van der Waals surface area contributed by atoms with Crippen molar-refractivity contribution in [3.8, 4) is 6.07 Å². The van der Waals surface area contributed by atoms with Crippen LogP contribution in [0.4, 0.5) is 0 Å². The molecule has 1 saturated heterocycles. The zero-order valence-corrected chi connectivity index (χ0v) is 11.0. The summed E-state index contributed by atoms with van der Waals surface area (Å²) in [6.45, 7) is 1.95. The minimum absolute atomic E-state index is 0.270. The molecule has 20 heavy (non-hydrogen) atoms. The number of benzene rings is 2. The molecule has 2 aromatic rings. The number of ether oxygens (including phenoxy) is 1. The summed E-state index contributed by atoms with van der Waals surface area (Å²) in [5, 5.41) is 9.42. The zero-order chi connectivity index (χ0) is 14.2. The van der Waals surface area contributed by atoms with Gasteiger partial charge in [-0.1, -0.05) is 54.6 Å². The second-order valence-corrected chi connectivity index (χ2v) is 4.90. The molecule has 0 aliphatic carbocycles. The monoisotopic (exact) mass is 263 g/mol. The van der Waals surface area contributed by atoms with E-state index >= 15 is 0 Å². The number of ketones is 1. The van der Waals surface area contributed by atoms with Crippen LogP contribution in [0.5, 0.6) is 0 Å². The summed E-state index contributed by atoms with van der Waals surface area (Å²) in [6, 6.07) is 18.5. The average molecular weight is 263 g/mol. The molecule has 3 rings (SSSR count). The van der Waals surface area contributed by atoms with Gasteiger partial charge in [-0.3, -0.25) is 4.79 Å². The van der Waals surface area contributed by atoms with Crippen molar-refractivity contribution in [2.75, 3.05) is 0 Å². The highest BCUT2D eigenvalue weighted by Gasteiger charge is 2.64. The molecule has 0 radical (unpaired) electrons. The molecule has 0 saturated carbocycles. The number of rotatable bonds is 3. The second-order valence-electron chi connectivity index (χ2n) is 4.90. The van der Waals surface area contributed by atoms with Gasteiger partial charge < -0.3 is 4.74 Å². The average Bonchev–Trinajstić information content (AvgIpc) is 3.24. The Balaban J connectivity index is 1.96. The van der Waals surface area contributed by atoms with Crippen LogP contribution in [0.25, 0.3) is 0 Å². The number of carbonyl (C=O) groups excluding carboxylic acids is 1. The largest absolute Gasteiger partial charge is 0.338 e. The highest BCUT2D eigenvalue weighted by Crippen LogP contribution is 2.51. The van der Waals surface area contributed by atoms with E-state index < -0.39 is 11.7 Å². The van der Waals surface area contributed by atoms with E-state index in [9.17, 15) is 10.1 Å². The molecule has 1 fully saturated rings. The lowest BCUT2D eigenvalue weighted by atomic mass is 9.90. The van der Waals surface area contributed by atoms with Crippen molar-refractivity contribution >= 4 is 5.78 Å². The van der Waals surface area contributed by atoms with Gasteiger partial charge in [0.1, 0.15) is 12.2 Å². The smallest absolute Gasteiger partial charge is 0.248 e. The maximum atomic E-state index is 12.5. The molecule has 1 aliphatic rings. The van der Waals surface area contributed by atoms with Gasteiger partial charge in [-0.2, -0.15) is 5.26 Å². The first-order valence-corrected chi connectivity index (χ1v) is 6.43. The molecule has 0 bridgehead atoms. The summed E-state index contributed by atoms with van der Waals surface area (Å²) in [7, 11) is 0. The lowest BCUT2D eigenvalue weighted by Crippen LogP contribution is -2.23. The van der Waals surface area contributed by atoms with Crippen LogP contribution in [0.1, 0.15) is 27.6 Å². The number of aryl methyl sites for hydroxylation is 1. The Kier molecular flexibility index (Phi) is 2.89. The molecular weight excluding hydrogens is 250 g/mol. The van der Waals surface area contributed by atoms with E-state index in [4.69, 9.17) is 4.74 Å². The van der Waals surface area contributed by atoms with Crippen LogP contribution in [0, 0.1) is 18.3 Å². The van der Waals surface area contributed by atoms with Crippen molar-refractivity contribution in [2.45, 2.75) is 18.6 Å². The van der Waals surface area contributed by atoms with Crippen LogP contribution in [0.15, 0.2) is 54.6 Å². The molecule has 98 valence electrons. The van der Waals surface area contributed by atoms with E-state index in [0.717, 1.165) is 11.1 Å². The first-order valence-electron chi connectivity index (χ1n) is 6.43. The maximum absolute atomic E-state index is 12.5. The minimum Gasteiger partial charge on any atom is -0.338 e. The molecule has 2 aromatic carbocycles. The Hall–Kier alpha value is -2.44. The first-order chi connectivity index (χ1) is 9.69. The predicted octanol–water partition coefficient (Wildman–Crippen LogP) is 3.21.